The van der Waals surface area contributed by atoms with E-state index in [4.69, 9.17) is 0 Å². The zero-order chi connectivity index (χ0) is 7.98. The molecule has 0 spiro atoms. The molecule has 0 amide bonds. The largest absolute Gasteiger partial charge is 1.00 e. The van der Waals surface area contributed by atoms with Crippen molar-refractivity contribution in [1.29, 1.82) is 0 Å². The Bertz CT molecular complexity index is 172. The summed E-state index contributed by atoms with van der Waals surface area (Å²) in [5.41, 5.74) is 0.900. The van der Waals surface area contributed by atoms with Crippen molar-refractivity contribution in [2.45, 2.75) is 27.7 Å². The minimum absolute atomic E-state index is 0. The average molecular weight is 191 g/mol. The van der Waals surface area contributed by atoms with Crippen LogP contribution in [0.3, 0.4) is 0 Å². The Labute approximate surface area is 119 Å². The van der Waals surface area contributed by atoms with E-state index in [-0.39, 0.29) is 58.8 Å². The molecule has 3 heteroatoms. The van der Waals surface area contributed by atoms with E-state index in [2.05, 4.69) is 16.0 Å². The summed E-state index contributed by atoms with van der Waals surface area (Å²) in [6, 6.07) is 2.85. The molecule has 0 unspecified atom stereocenters. The Balaban J connectivity index is -0.000000189. The monoisotopic (exact) mass is 191 g/mol. The van der Waals surface area contributed by atoms with Gasteiger partial charge < -0.3 is 13.5 Å². The van der Waals surface area contributed by atoms with Crippen molar-refractivity contribution in [2.24, 2.45) is 0 Å². The van der Waals surface area contributed by atoms with E-state index in [0.29, 0.717) is 0 Å². The molecule has 0 aliphatic rings. The molecule has 2 nitrogen and oxygen atoms in total. The summed E-state index contributed by atoms with van der Waals surface area (Å²) in [7, 11) is 0. The minimum atomic E-state index is 0. The topological polar surface area (TPSA) is 25.8 Å². The Morgan fingerprint density at radius 2 is 1.75 bits per heavy atom. The summed E-state index contributed by atoms with van der Waals surface area (Å²) in [6.07, 6.45) is 1.64. The van der Waals surface area contributed by atoms with Crippen LogP contribution in [0.4, 0.5) is 0 Å². The van der Waals surface area contributed by atoms with E-state index in [1.165, 1.54) is 0 Å². The fourth-order valence-electron chi connectivity index (χ4n) is 0.523. The molecule has 0 aliphatic heterocycles. The number of aromatic nitrogens is 2. The van der Waals surface area contributed by atoms with E-state index in [1.54, 1.807) is 6.20 Å². The summed E-state index contributed by atoms with van der Waals surface area (Å²) < 4.78 is 0. The second-order valence-electron chi connectivity index (χ2n) is 1.65. The van der Waals surface area contributed by atoms with Gasteiger partial charge in [-0.05, 0) is 6.92 Å². The van der Waals surface area contributed by atoms with Crippen molar-refractivity contribution in [2.75, 3.05) is 0 Å². The van der Waals surface area contributed by atoms with Gasteiger partial charge in [-0.15, -0.1) is 11.9 Å². The third-order valence-corrected chi connectivity index (χ3v) is 0.854. The third-order valence-electron chi connectivity index (χ3n) is 0.854. The first kappa shape index (κ1) is 18.5. The van der Waals surface area contributed by atoms with Crippen LogP contribution in [0.2, 0.25) is 0 Å². The van der Waals surface area contributed by atoms with Gasteiger partial charge in [-0.2, -0.15) is 0 Å². The Hall–Kier alpha value is 0.716. The molecular formula is C9H16KN2-. The molecule has 0 fully saturated rings. The molecule has 0 atom stereocenters. The van der Waals surface area contributed by atoms with Gasteiger partial charge in [0.2, 0.25) is 0 Å². The Morgan fingerprint density at radius 3 is 2.00 bits per heavy atom. The molecule has 1 heterocycles. The van der Waals surface area contributed by atoms with Crippen molar-refractivity contribution in [3.8, 4) is 0 Å². The molecule has 0 saturated heterocycles. The van der Waals surface area contributed by atoms with Crippen LogP contribution in [-0.2, 0) is 0 Å². The number of hydrogen-bond donors (Lipinski definition) is 0. The van der Waals surface area contributed by atoms with E-state index >= 15 is 0 Å². The number of aryl methyl sites for hydroxylation is 2. The summed E-state index contributed by atoms with van der Waals surface area (Å²) in [6.45, 7) is 7.76. The molecule has 0 N–H and O–H groups in total. The van der Waals surface area contributed by atoms with Gasteiger partial charge in [0.1, 0.15) is 5.82 Å². The van der Waals surface area contributed by atoms with Gasteiger partial charge in [0.15, 0.2) is 0 Å². The quantitative estimate of drug-likeness (QED) is 0.403. The SMILES string of the molecule is CC.Cc1[c-]cnc(C)n1.[CH3-].[K+]. The smallest absolute Gasteiger partial charge is 0.430 e. The number of rotatable bonds is 0. The summed E-state index contributed by atoms with van der Waals surface area (Å²) in [4.78, 5) is 7.88. The first-order valence-electron chi connectivity index (χ1n) is 3.47. The molecular weight excluding hydrogens is 175 g/mol. The zero-order valence-corrected chi connectivity index (χ0v) is 12.1. The molecule has 64 valence electrons. The first-order chi connectivity index (χ1) is 4.79. The molecule has 12 heavy (non-hydrogen) atoms. The van der Waals surface area contributed by atoms with Gasteiger partial charge in [0, 0.05) is 0 Å². The van der Waals surface area contributed by atoms with Crippen LogP contribution >= 0.6 is 0 Å². The maximum Gasteiger partial charge on any atom is 1.00 e. The molecule has 1 aromatic rings. The van der Waals surface area contributed by atoms with E-state index in [0.717, 1.165) is 11.5 Å². The van der Waals surface area contributed by atoms with Gasteiger partial charge in [-0.25, -0.2) is 0 Å². The summed E-state index contributed by atoms with van der Waals surface area (Å²) >= 11 is 0. The standard InChI is InChI=1S/C6H7N2.C2H6.CH3.K/c1-5-3-4-7-6(2)8-5;1-2;;/h4H,1-2H3;1-2H3;1H3;/q-1;;-1;+1. The normalized spacial score (nSPS) is 6.67. The van der Waals surface area contributed by atoms with Gasteiger partial charge >= 0.3 is 51.4 Å². The Kier molecular flexibility index (Phi) is 18.1. The number of nitrogens with zero attached hydrogens (tertiary/aromatic N) is 2. The van der Waals surface area contributed by atoms with Crippen molar-refractivity contribution in [3.63, 3.8) is 0 Å². The average Bonchev–Trinajstić information content (AvgIpc) is 1.91. The van der Waals surface area contributed by atoms with E-state index in [1.807, 2.05) is 27.7 Å². The molecule has 1 aromatic heterocycles. The molecule has 1 rings (SSSR count). The van der Waals surface area contributed by atoms with E-state index < -0.39 is 0 Å². The van der Waals surface area contributed by atoms with Gasteiger partial charge in [-0.3, -0.25) is 9.97 Å². The van der Waals surface area contributed by atoms with Gasteiger partial charge in [0.05, 0.1) is 0 Å². The van der Waals surface area contributed by atoms with Crippen molar-refractivity contribution in [1.82, 2.24) is 9.97 Å². The van der Waals surface area contributed by atoms with Gasteiger partial charge in [0.25, 0.3) is 0 Å². The predicted octanol–water partition coefficient (Wildman–Crippen LogP) is -0.626. The maximum atomic E-state index is 4.01. The van der Waals surface area contributed by atoms with Crippen molar-refractivity contribution in [3.05, 3.63) is 31.2 Å². The molecule has 0 bridgehead atoms. The fourth-order valence-corrected chi connectivity index (χ4v) is 0.523. The van der Waals surface area contributed by atoms with Crippen LogP contribution in [0.25, 0.3) is 0 Å². The van der Waals surface area contributed by atoms with E-state index in [9.17, 15) is 0 Å². The number of hydrogen-bond acceptors (Lipinski definition) is 2. The molecule has 0 aliphatic carbocycles. The van der Waals surface area contributed by atoms with Crippen LogP contribution in [-0.4, -0.2) is 9.97 Å². The first-order valence-corrected chi connectivity index (χ1v) is 3.47. The second kappa shape index (κ2) is 11.7. The van der Waals surface area contributed by atoms with Crippen LogP contribution < -0.4 is 51.4 Å². The fraction of sp³-hybridized carbons (Fsp3) is 0.444. The van der Waals surface area contributed by atoms with Crippen molar-refractivity contribution < 1.29 is 51.4 Å². The Morgan fingerprint density at radius 1 is 1.25 bits per heavy atom. The minimum Gasteiger partial charge on any atom is -0.430 e. The van der Waals surface area contributed by atoms with Crippen LogP contribution in [0.5, 0.6) is 0 Å². The molecule has 0 saturated carbocycles. The van der Waals surface area contributed by atoms with Crippen LogP contribution in [0.15, 0.2) is 6.20 Å². The van der Waals surface area contributed by atoms with Crippen LogP contribution in [0.1, 0.15) is 25.4 Å². The summed E-state index contributed by atoms with van der Waals surface area (Å²) in [5, 5.41) is 0. The third kappa shape index (κ3) is 8.81. The summed E-state index contributed by atoms with van der Waals surface area (Å²) in [5.74, 6) is 0.807. The molecule has 0 aromatic carbocycles. The van der Waals surface area contributed by atoms with Crippen LogP contribution in [0, 0.1) is 27.3 Å². The zero-order valence-electron chi connectivity index (χ0n) is 8.97. The maximum absolute atomic E-state index is 4.01. The second-order valence-corrected chi connectivity index (χ2v) is 1.65. The van der Waals surface area contributed by atoms with Crippen molar-refractivity contribution >= 4 is 0 Å². The van der Waals surface area contributed by atoms with Gasteiger partial charge in [-0.1, -0.05) is 20.8 Å². The predicted molar refractivity (Wildman–Crippen MR) is 48.1 cm³/mol. The molecule has 0 radical (unpaired) electrons.